The number of hydrogen-bond donors (Lipinski definition) is 1. The lowest BCUT2D eigenvalue weighted by Gasteiger charge is -2.32. The summed E-state index contributed by atoms with van der Waals surface area (Å²) in [7, 11) is 0. The summed E-state index contributed by atoms with van der Waals surface area (Å²) in [5.74, 6) is 0. The van der Waals surface area contributed by atoms with Crippen LogP contribution in [0, 0.1) is 0 Å². The van der Waals surface area contributed by atoms with E-state index in [1.54, 1.807) is 6.20 Å². The second-order valence-corrected chi connectivity index (χ2v) is 4.66. The topological polar surface area (TPSA) is 47.3 Å². The second kappa shape index (κ2) is 4.23. The first-order chi connectivity index (χ1) is 7.17. The van der Waals surface area contributed by atoms with Crippen LogP contribution < -0.4 is 0 Å². The third-order valence-electron chi connectivity index (χ3n) is 2.86. The van der Waals surface area contributed by atoms with Crippen molar-refractivity contribution >= 4 is 15.9 Å². The first-order valence-corrected chi connectivity index (χ1v) is 5.98. The van der Waals surface area contributed by atoms with Gasteiger partial charge in [0.05, 0.1) is 16.4 Å². The van der Waals surface area contributed by atoms with Crippen LogP contribution in [0.25, 0.3) is 0 Å². The molecule has 0 bridgehead atoms. The van der Waals surface area contributed by atoms with Gasteiger partial charge in [-0.05, 0) is 22.9 Å². The van der Waals surface area contributed by atoms with Crippen molar-refractivity contribution in [3.63, 3.8) is 0 Å². The summed E-state index contributed by atoms with van der Waals surface area (Å²) in [5.41, 5.74) is 0.0946. The predicted molar refractivity (Wildman–Crippen MR) is 59.6 cm³/mol. The van der Waals surface area contributed by atoms with Crippen LogP contribution >= 0.6 is 15.9 Å². The highest BCUT2D eigenvalue weighted by Crippen LogP contribution is 2.36. The molecular formula is C10H15BrN2O2. The van der Waals surface area contributed by atoms with Crippen molar-refractivity contribution in [2.75, 3.05) is 13.2 Å². The Morgan fingerprint density at radius 3 is 2.87 bits per heavy atom. The zero-order valence-electron chi connectivity index (χ0n) is 8.74. The van der Waals surface area contributed by atoms with Gasteiger partial charge in [-0.25, -0.2) is 0 Å². The van der Waals surface area contributed by atoms with Crippen molar-refractivity contribution in [1.82, 2.24) is 9.78 Å². The Morgan fingerprint density at radius 1 is 1.60 bits per heavy atom. The standard InChI is InChI=1S/C10H15BrN2O2/c1-2-13-9(8(11)7-12-13)10(14)3-5-15-6-4-10/h7,14H,2-6H2,1H3. The second-order valence-electron chi connectivity index (χ2n) is 3.80. The molecular weight excluding hydrogens is 260 g/mol. The molecule has 2 heterocycles. The zero-order chi connectivity index (χ0) is 10.9. The smallest absolute Gasteiger partial charge is 0.112 e. The van der Waals surface area contributed by atoms with Gasteiger partial charge >= 0.3 is 0 Å². The predicted octanol–water partition coefficient (Wildman–Crippen LogP) is 1.66. The van der Waals surface area contributed by atoms with E-state index in [4.69, 9.17) is 4.74 Å². The third kappa shape index (κ3) is 1.96. The van der Waals surface area contributed by atoms with Gasteiger partial charge in [0.2, 0.25) is 0 Å². The van der Waals surface area contributed by atoms with Gasteiger partial charge in [-0.15, -0.1) is 0 Å². The highest BCUT2D eigenvalue weighted by molar-refractivity contribution is 9.10. The van der Waals surface area contributed by atoms with E-state index in [0.29, 0.717) is 26.1 Å². The SMILES string of the molecule is CCn1ncc(Br)c1C1(O)CCOCC1. The fourth-order valence-electron chi connectivity index (χ4n) is 2.01. The molecule has 0 radical (unpaired) electrons. The summed E-state index contributed by atoms with van der Waals surface area (Å²) in [4.78, 5) is 0. The summed E-state index contributed by atoms with van der Waals surface area (Å²) < 4.78 is 8.00. The van der Waals surface area contributed by atoms with E-state index in [9.17, 15) is 5.11 Å². The minimum atomic E-state index is -0.788. The number of halogens is 1. The van der Waals surface area contributed by atoms with Crippen LogP contribution in [0.1, 0.15) is 25.5 Å². The van der Waals surface area contributed by atoms with E-state index in [0.717, 1.165) is 16.7 Å². The summed E-state index contributed by atoms with van der Waals surface area (Å²) in [5, 5.41) is 14.8. The molecule has 0 atom stereocenters. The highest BCUT2D eigenvalue weighted by Gasteiger charge is 2.36. The van der Waals surface area contributed by atoms with Crippen molar-refractivity contribution in [1.29, 1.82) is 0 Å². The quantitative estimate of drug-likeness (QED) is 0.893. The molecule has 1 fully saturated rings. The number of ether oxygens (including phenoxy) is 1. The maximum absolute atomic E-state index is 10.6. The van der Waals surface area contributed by atoms with E-state index in [2.05, 4.69) is 21.0 Å². The first-order valence-electron chi connectivity index (χ1n) is 5.19. The van der Waals surface area contributed by atoms with Gasteiger partial charge < -0.3 is 9.84 Å². The van der Waals surface area contributed by atoms with Gasteiger partial charge in [0, 0.05) is 32.6 Å². The molecule has 0 unspecified atom stereocenters. The molecule has 0 amide bonds. The Bertz CT molecular complexity index is 345. The van der Waals surface area contributed by atoms with Crippen molar-refractivity contribution in [2.24, 2.45) is 0 Å². The maximum Gasteiger partial charge on any atom is 0.112 e. The normalized spacial score (nSPS) is 20.5. The fourth-order valence-corrected chi connectivity index (χ4v) is 2.68. The Hall–Kier alpha value is -0.390. The van der Waals surface area contributed by atoms with Crippen molar-refractivity contribution in [2.45, 2.75) is 31.9 Å². The average molecular weight is 275 g/mol. The summed E-state index contributed by atoms with van der Waals surface area (Å²) >= 11 is 3.44. The molecule has 1 aliphatic rings. The number of aliphatic hydroxyl groups is 1. The lowest BCUT2D eigenvalue weighted by atomic mass is 9.90. The van der Waals surface area contributed by atoms with Crippen LogP contribution in [-0.4, -0.2) is 28.1 Å². The van der Waals surface area contributed by atoms with Gasteiger partial charge in [-0.1, -0.05) is 0 Å². The van der Waals surface area contributed by atoms with Crippen LogP contribution in [0.5, 0.6) is 0 Å². The average Bonchev–Trinajstić information content (AvgIpc) is 2.61. The van der Waals surface area contributed by atoms with E-state index < -0.39 is 5.60 Å². The van der Waals surface area contributed by atoms with Crippen LogP contribution in [0.15, 0.2) is 10.7 Å². The van der Waals surface area contributed by atoms with Crippen LogP contribution in [-0.2, 0) is 16.9 Å². The van der Waals surface area contributed by atoms with Gasteiger partial charge in [-0.2, -0.15) is 5.10 Å². The largest absolute Gasteiger partial charge is 0.383 e. The molecule has 84 valence electrons. The molecule has 1 aromatic rings. The molecule has 1 aliphatic heterocycles. The number of hydrogen-bond acceptors (Lipinski definition) is 3. The van der Waals surface area contributed by atoms with Crippen LogP contribution in [0.3, 0.4) is 0 Å². The van der Waals surface area contributed by atoms with Crippen LogP contribution in [0.2, 0.25) is 0 Å². The van der Waals surface area contributed by atoms with Gasteiger partial charge in [-0.3, -0.25) is 4.68 Å². The minimum absolute atomic E-state index is 0.609. The first kappa shape index (κ1) is 11.1. The molecule has 0 saturated carbocycles. The Labute approximate surface area is 97.4 Å². The molecule has 4 nitrogen and oxygen atoms in total. The van der Waals surface area contributed by atoms with Crippen molar-refractivity contribution in [3.05, 3.63) is 16.4 Å². The van der Waals surface area contributed by atoms with E-state index in [-0.39, 0.29) is 0 Å². The van der Waals surface area contributed by atoms with Gasteiger partial charge in [0.1, 0.15) is 5.60 Å². The van der Waals surface area contributed by atoms with E-state index >= 15 is 0 Å². The molecule has 1 saturated heterocycles. The molecule has 15 heavy (non-hydrogen) atoms. The molecule has 0 aromatic carbocycles. The molecule has 0 spiro atoms. The number of nitrogens with zero attached hydrogens (tertiary/aromatic N) is 2. The Kier molecular flexibility index (Phi) is 3.13. The third-order valence-corrected chi connectivity index (χ3v) is 3.44. The lowest BCUT2D eigenvalue weighted by molar-refractivity contribution is -0.0734. The summed E-state index contributed by atoms with van der Waals surface area (Å²) in [6, 6.07) is 0. The van der Waals surface area contributed by atoms with E-state index in [1.165, 1.54) is 0 Å². The molecule has 0 aliphatic carbocycles. The monoisotopic (exact) mass is 274 g/mol. The molecule has 1 N–H and O–H groups in total. The van der Waals surface area contributed by atoms with Gasteiger partial charge in [0.25, 0.3) is 0 Å². The maximum atomic E-state index is 10.6. The number of aryl methyl sites for hydroxylation is 1. The molecule has 2 rings (SSSR count). The lowest BCUT2D eigenvalue weighted by Crippen LogP contribution is -2.36. The molecule has 5 heteroatoms. The highest BCUT2D eigenvalue weighted by atomic mass is 79.9. The van der Waals surface area contributed by atoms with Crippen LogP contribution in [0.4, 0.5) is 0 Å². The van der Waals surface area contributed by atoms with Crippen molar-refractivity contribution < 1.29 is 9.84 Å². The zero-order valence-corrected chi connectivity index (χ0v) is 10.3. The minimum Gasteiger partial charge on any atom is -0.383 e. The van der Waals surface area contributed by atoms with Crippen molar-refractivity contribution in [3.8, 4) is 0 Å². The number of aromatic nitrogens is 2. The summed E-state index contributed by atoms with van der Waals surface area (Å²) in [6.07, 6.45) is 3.01. The van der Waals surface area contributed by atoms with Gasteiger partial charge in [0.15, 0.2) is 0 Å². The fraction of sp³-hybridized carbons (Fsp3) is 0.700. The summed E-state index contributed by atoms with van der Waals surface area (Å²) in [6.45, 7) is 4.01. The Balaban J connectivity index is 2.37. The van der Waals surface area contributed by atoms with E-state index in [1.807, 2.05) is 11.6 Å². The number of rotatable bonds is 2. The molecule has 1 aromatic heterocycles. The Morgan fingerprint density at radius 2 is 2.27 bits per heavy atom.